The third kappa shape index (κ3) is 5.18. The Bertz CT molecular complexity index is 538. The summed E-state index contributed by atoms with van der Waals surface area (Å²) in [6, 6.07) is 6.91. The minimum atomic E-state index is -3.35. The smallest absolute Gasteiger partial charge is 0.225 e. The molecule has 0 bridgehead atoms. The molecule has 0 atom stereocenters. The van der Waals surface area contributed by atoms with E-state index < -0.39 is 10.0 Å². The van der Waals surface area contributed by atoms with Gasteiger partial charge in [-0.2, -0.15) is 0 Å². The van der Waals surface area contributed by atoms with Gasteiger partial charge in [-0.05, 0) is 31.2 Å². The summed E-state index contributed by atoms with van der Waals surface area (Å²) in [6.45, 7) is 2.47. The number of amides is 1. The van der Waals surface area contributed by atoms with Gasteiger partial charge in [0.2, 0.25) is 15.9 Å². The van der Waals surface area contributed by atoms with Crippen molar-refractivity contribution in [3.05, 3.63) is 24.3 Å². The van der Waals surface area contributed by atoms with Gasteiger partial charge in [0.05, 0.1) is 12.4 Å². The zero-order valence-corrected chi connectivity index (χ0v) is 12.7. The van der Waals surface area contributed by atoms with E-state index in [0.717, 1.165) is 10.1 Å². The maximum Gasteiger partial charge on any atom is 0.225 e. The van der Waals surface area contributed by atoms with Crippen LogP contribution in [0.15, 0.2) is 24.3 Å². The van der Waals surface area contributed by atoms with E-state index in [1.54, 1.807) is 24.3 Å². The number of nitrogens with one attached hydrogen (secondary N) is 1. The van der Waals surface area contributed by atoms with Gasteiger partial charge < -0.3 is 10.1 Å². The molecule has 1 amide bonds. The number of sulfonamides is 1. The van der Waals surface area contributed by atoms with Crippen molar-refractivity contribution in [1.82, 2.24) is 4.31 Å². The van der Waals surface area contributed by atoms with Gasteiger partial charge in [0.1, 0.15) is 5.75 Å². The quantitative estimate of drug-likeness (QED) is 0.823. The maximum atomic E-state index is 11.7. The van der Waals surface area contributed by atoms with Crippen LogP contribution >= 0.6 is 0 Å². The number of hydrogen-bond acceptors (Lipinski definition) is 4. The first-order valence-corrected chi connectivity index (χ1v) is 7.89. The summed E-state index contributed by atoms with van der Waals surface area (Å²) >= 11 is 0. The van der Waals surface area contributed by atoms with E-state index in [4.69, 9.17) is 4.74 Å². The summed E-state index contributed by atoms with van der Waals surface area (Å²) in [6.07, 6.45) is -0.0757. The third-order valence-electron chi connectivity index (χ3n) is 2.59. The molecule has 1 rings (SSSR count). The van der Waals surface area contributed by atoms with Gasteiger partial charge in [0.25, 0.3) is 0 Å². The molecule has 0 saturated heterocycles. The molecule has 20 heavy (non-hydrogen) atoms. The lowest BCUT2D eigenvalue weighted by Crippen LogP contribution is -2.27. The van der Waals surface area contributed by atoms with Gasteiger partial charge in [0, 0.05) is 26.2 Å². The first kappa shape index (κ1) is 16.5. The monoisotopic (exact) mass is 300 g/mol. The predicted octanol–water partition coefficient (Wildman–Crippen LogP) is 1.31. The summed E-state index contributed by atoms with van der Waals surface area (Å²) in [5, 5.41) is 2.65. The molecule has 0 aromatic heterocycles. The molecule has 0 saturated carbocycles. The molecule has 0 aliphatic heterocycles. The summed E-state index contributed by atoms with van der Waals surface area (Å²) in [4.78, 5) is 11.7. The molecule has 0 aliphatic carbocycles. The Morgan fingerprint density at radius 3 is 2.35 bits per heavy atom. The average molecular weight is 300 g/mol. The minimum absolute atomic E-state index is 0.0757. The second-order valence-electron chi connectivity index (χ2n) is 4.35. The number of rotatable bonds is 7. The van der Waals surface area contributed by atoms with Crippen LogP contribution in [0.4, 0.5) is 5.69 Å². The molecule has 6 nitrogen and oxygen atoms in total. The van der Waals surface area contributed by atoms with E-state index in [1.807, 2.05) is 6.92 Å². The fourth-order valence-corrected chi connectivity index (χ4v) is 2.24. The molecular formula is C13H20N2O4S. The van der Waals surface area contributed by atoms with Crippen LogP contribution in [0.1, 0.15) is 13.3 Å². The van der Waals surface area contributed by atoms with Gasteiger partial charge in [0.15, 0.2) is 0 Å². The van der Waals surface area contributed by atoms with Crippen LogP contribution in [0.3, 0.4) is 0 Å². The first-order valence-electron chi connectivity index (χ1n) is 6.28. The second-order valence-corrected chi connectivity index (χ2v) is 6.66. The van der Waals surface area contributed by atoms with Crippen molar-refractivity contribution in [3.8, 4) is 5.75 Å². The maximum absolute atomic E-state index is 11.7. The number of carbonyl (C=O) groups is 1. The standard InChI is InChI=1S/C13H20N2O4S/c1-4-19-12-7-5-11(6-8-12)14-13(16)9-10-20(17,18)15(2)3/h5-8H,4,9-10H2,1-3H3,(H,14,16). The van der Waals surface area contributed by atoms with Crippen molar-refractivity contribution in [2.45, 2.75) is 13.3 Å². The molecule has 7 heteroatoms. The Morgan fingerprint density at radius 2 is 1.85 bits per heavy atom. The van der Waals surface area contributed by atoms with E-state index in [2.05, 4.69) is 5.32 Å². The molecule has 112 valence electrons. The van der Waals surface area contributed by atoms with Crippen LogP contribution in [0.25, 0.3) is 0 Å². The Kier molecular flexibility index (Phi) is 5.97. The van der Waals surface area contributed by atoms with Crippen LogP contribution in [-0.2, 0) is 14.8 Å². The highest BCUT2D eigenvalue weighted by Gasteiger charge is 2.15. The van der Waals surface area contributed by atoms with Crippen molar-refractivity contribution in [2.75, 3.05) is 31.8 Å². The van der Waals surface area contributed by atoms with Crippen LogP contribution in [0, 0.1) is 0 Å². The predicted molar refractivity (Wildman–Crippen MR) is 78.3 cm³/mol. The van der Waals surface area contributed by atoms with Crippen LogP contribution < -0.4 is 10.1 Å². The lowest BCUT2D eigenvalue weighted by atomic mass is 10.3. The number of anilines is 1. The van der Waals surface area contributed by atoms with Gasteiger partial charge in [-0.15, -0.1) is 0 Å². The van der Waals surface area contributed by atoms with E-state index in [1.165, 1.54) is 14.1 Å². The largest absolute Gasteiger partial charge is 0.494 e. The third-order valence-corrected chi connectivity index (χ3v) is 4.43. The molecule has 0 spiro atoms. The summed E-state index contributed by atoms with van der Waals surface area (Å²) < 4.78 is 29.5. The normalized spacial score (nSPS) is 11.4. The number of hydrogen-bond donors (Lipinski definition) is 1. The lowest BCUT2D eigenvalue weighted by molar-refractivity contribution is -0.115. The fourth-order valence-electron chi connectivity index (χ4n) is 1.43. The van der Waals surface area contributed by atoms with Crippen LogP contribution in [-0.4, -0.2) is 45.1 Å². The number of benzene rings is 1. The van der Waals surface area contributed by atoms with Gasteiger partial charge >= 0.3 is 0 Å². The zero-order chi connectivity index (χ0) is 15.2. The lowest BCUT2D eigenvalue weighted by Gasteiger charge is -2.11. The molecule has 0 radical (unpaired) electrons. The molecule has 0 unspecified atom stereocenters. The zero-order valence-electron chi connectivity index (χ0n) is 11.9. The minimum Gasteiger partial charge on any atom is -0.494 e. The van der Waals surface area contributed by atoms with Crippen LogP contribution in [0.2, 0.25) is 0 Å². The Morgan fingerprint density at radius 1 is 1.25 bits per heavy atom. The first-order chi connectivity index (χ1) is 9.35. The highest BCUT2D eigenvalue weighted by Crippen LogP contribution is 2.15. The molecule has 0 fully saturated rings. The molecule has 1 N–H and O–H groups in total. The second kappa shape index (κ2) is 7.25. The van der Waals surface area contributed by atoms with E-state index in [0.29, 0.717) is 12.3 Å². The topological polar surface area (TPSA) is 75.7 Å². The summed E-state index contributed by atoms with van der Waals surface area (Å²) in [5.74, 6) is 0.184. The summed E-state index contributed by atoms with van der Waals surface area (Å²) in [7, 11) is -0.459. The van der Waals surface area contributed by atoms with Crippen LogP contribution in [0.5, 0.6) is 5.75 Å². The highest BCUT2D eigenvalue weighted by molar-refractivity contribution is 7.89. The molecule has 1 aromatic carbocycles. The molecule has 1 aromatic rings. The SMILES string of the molecule is CCOc1ccc(NC(=O)CCS(=O)(=O)N(C)C)cc1. The number of carbonyl (C=O) groups excluding carboxylic acids is 1. The van der Waals surface area contributed by atoms with E-state index in [9.17, 15) is 13.2 Å². The highest BCUT2D eigenvalue weighted by atomic mass is 32.2. The van der Waals surface area contributed by atoms with Crippen molar-refractivity contribution in [1.29, 1.82) is 0 Å². The van der Waals surface area contributed by atoms with Crippen molar-refractivity contribution in [3.63, 3.8) is 0 Å². The van der Waals surface area contributed by atoms with E-state index in [-0.39, 0.29) is 18.1 Å². The van der Waals surface area contributed by atoms with Crippen molar-refractivity contribution < 1.29 is 17.9 Å². The Balaban J connectivity index is 2.50. The Hall–Kier alpha value is -1.60. The molecule has 0 heterocycles. The van der Waals surface area contributed by atoms with Crippen molar-refractivity contribution >= 4 is 21.6 Å². The van der Waals surface area contributed by atoms with Gasteiger partial charge in [-0.25, -0.2) is 12.7 Å². The number of nitrogens with zero attached hydrogens (tertiary/aromatic N) is 1. The fraction of sp³-hybridized carbons (Fsp3) is 0.462. The number of ether oxygens (including phenoxy) is 1. The van der Waals surface area contributed by atoms with Gasteiger partial charge in [-0.1, -0.05) is 0 Å². The Labute approximate surface area is 119 Å². The van der Waals surface area contributed by atoms with Gasteiger partial charge in [-0.3, -0.25) is 4.79 Å². The molecule has 0 aliphatic rings. The van der Waals surface area contributed by atoms with E-state index >= 15 is 0 Å². The molecular weight excluding hydrogens is 280 g/mol. The average Bonchev–Trinajstić information content (AvgIpc) is 2.39. The van der Waals surface area contributed by atoms with Crippen molar-refractivity contribution in [2.24, 2.45) is 0 Å². The summed E-state index contributed by atoms with van der Waals surface area (Å²) in [5.41, 5.74) is 0.612.